The zero-order valence-corrected chi connectivity index (χ0v) is 5.78. The van der Waals surface area contributed by atoms with Gasteiger partial charge in [-0.3, -0.25) is 4.79 Å². The van der Waals surface area contributed by atoms with Crippen LogP contribution in [0.4, 0.5) is 13.2 Å². The Morgan fingerprint density at radius 3 is 1.88 bits per heavy atom. The van der Waals surface area contributed by atoms with E-state index < -0.39 is 16.4 Å². The largest absolute Gasteiger partial charge is 0.396 e. The summed E-state index contributed by atoms with van der Waals surface area (Å²) in [5.74, 6) is 0. The van der Waals surface area contributed by atoms with Crippen molar-refractivity contribution < 1.29 is 18.0 Å². The Labute approximate surface area is 57.4 Å². The van der Waals surface area contributed by atoms with Crippen molar-refractivity contribution in [3.05, 3.63) is 0 Å². The molecule has 0 aromatic heterocycles. The first-order valence-electron chi connectivity index (χ1n) is 1.67. The number of hydrogen-bond donors (Lipinski definition) is 0. The van der Waals surface area contributed by atoms with Gasteiger partial charge in [0.15, 0.2) is 0 Å². The molecule has 0 amide bonds. The molecular formula is C3H2F3IO. The Bertz CT molecular complexity index is 97.2. The summed E-state index contributed by atoms with van der Waals surface area (Å²) in [6, 6.07) is 0. The second-order valence-corrected chi connectivity index (χ2v) is 2.35. The molecule has 0 radical (unpaired) electrons. The standard InChI is InChI=1S/C3H2F3IO/c4-3(5,6)1-2(7)8/h1H2. The fraction of sp³-hybridized carbons (Fsp3) is 0.667. The normalized spacial score (nSPS) is 11.5. The smallest absolute Gasteiger partial charge is 0.287 e. The van der Waals surface area contributed by atoms with Crippen molar-refractivity contribution in [2.24, 2.45) is 0 Å². The van der Waals surface area contributed by atoms with E-state index >= 15 is 0 Å². The number of hydrogen-bond acceptors (Lipinski definition) is 1. The van der Waals surface area contributed by atoms with Gasteiger partial charge >= 0.3 is 6.18 Å². The van der Waals surface area contributed by atoms with Crippen LogP contribution in [-0.2, 0) is 4.79 Å². The Morgan fingerprint density at radius 1 is 1.50 bits per heavy atom. The molecular weight excluding hydrogens is 236 g/mol. The summed E-state index contributed by atoms with van der Waals surface area (Å²) in [5, 5.41) is 0. The van der Waals surface area contributed by atoms with Gasteiger partial charge in [-0.25, -0.2) is 0 Å². The van der Waals surface area contributed by atoms with Crippen LogP contribution < -0.4 is 0 Å². The van der Waals surface area contributed by atoms with E-state index in [4.69, 9.17) is 0 Å². The second-order valence-electron chi connectivity index (χ2n) is 1.15. The van der Waals surface area contributed by atoms with E-state index in [0.717, 1.165) is 22.6 Å². The lowest BCUT2D eigenvalue weighted by molar-refractivity contribution is -0.145. The average Bonchev–Trinajstić information content (AvgIpc) is 1.21. The summed E-state index contributed by atoms with van der Waals surface area (Å²) >= 11 is 1.11. The predicted octanol–water partition coefficient (Wildman–Crippen LogP) is 1.90. The maximum absolute atomic E-state index is 11.1. The molecule has 0 aliphatic heterocycles. The molecule has 0 bridgehead atoms. The number of carbonyl (C=O) groups is 1. The van der Waals surface area contributed by atoms with Crippen molar-refractivity contribution in [2.45, 2.75) is 12.6 Å². The molecule has 0 aliphatic carbocycles. The van der Waals surface area contributed by atoms with E-state index in [2.05, 4.69) is 0 Å². The van der Waals surface area contributed by atoms with E-state index in [1.165, 1.54) is 0 Å². The molecule has 0 heterocycles. The van der Waals surface area contributed by atoms with Crippen LogP contribution in [-0.4, -0.2) is 9.97 Å². The second kappa shape index (κ2) is 2.65. The molecule has 0 aliphatic rings. The maximum Gasteiger partial charge on any atom is 0.396 e. The first-order valence-corrected chi connectivity index (χ1v) is 2.75. The lowest BCUT2D eigenvalue weighted by Gasteiger charge is -1.98. The van der Waals surface area contributed by atoms with Gasteiger partial charge in [0, 0.05) is 0 Å². The summed E-state index contributed by atoms with van der Waals surface area (Å²) < 4.78 is 32.4. The molecule has 1 nitrogen and oxygen atoms in total. The van der Waals surface area contributed by atoms with Crippen LogP contribution in [0.2, 0.25) is 0 Å². The molecule has 0 aromatic rings. The van der Waals surface area contributed by atoms with Gasteiger partial charge in [-0.15, -0.1) is 0 Å². The molecule has 48 valence electrons. The molecule has 0 unspecified atom stereocenters. The van der Waals surface area contributed by atoms with E-state index in [0.29, 0.717) is 0 Å². The highest BCUT2D eigenvalue weighted by Gasteiger charge is 2.29. The topological polar surface area (TPSA) is 17.1 Å². The molecule has 0 fully saturated rings. The van der Waals surface area contributed by atoms with Crippen LogP contribution in [0.3, 0.4) is 0 Å². The molecule has 0 spiro atoms. The maximum atomic E-state index is 11.1. The van der Waals surface area contributed by atoms with Gasteiger partial charge in [0.05, 0.1) is 0 Å². The first kappa shape index (κ1) is 8.19. The minimum Gasteiger partial charge on any atom is -0.287 e. The highest BCUT2D eigenvalue weighted by atomic mass is 127. The van der Waals surface area contributed by atoms with Gasteiger partial charge < -0.3 is 0 Å². The average molecular weight is 238 g/mol. The Morgan fingerprint density at radius 2 is 1.88 bits per heavy atom. The van der Waals surface area contributed by atoms with Gasteiger partial charge in [-0.2, -0.15) is 13.2 Å². The fourth-order valence-electron chi connectivity index (χ4n) is 0.158. The highest BCUT2D eigenvalue weighted by molar-refractivity contribution is 14.1. The monoisotopic (exact) mass is 238 g/mol. The molecule has 0 atom stereocenters. The minimum atomic E-state index is -4.34. The number of alkyl halides is 3. The molecule has 8 heavy (non-hydrogen) atoms. The summed E-state index contributed by atoms with van der Waals surface area (Å²) in [7, 11) is 0. The third kappa shape index (κ3) is 6.19. The van der Waals surface area contributed by atoms with E-state index in [1.54, 1.807) is 0 Å². The number of rotatable bonds is 1. The Kier molecular flexibility index (Phi) is 2.72. The predicted molar refractivity (Wildman–Crippen MR) is 29.7 cm³/mol. The highest BCUT2D eigenvalue weighted by Crippen LogP contribution is 2.20. The van der Waals surface area contributed by atoms with Crippen LogP contribution in [0, 0.1) is 0 Å². The minimum absolute atomic E-state index is 0.880. The van der Waals surface area contributed by atoms with Crippen molar-refractivity contribution in [1.82, 2.24) is 0 Å². The molecule has 0 aromatic carbocycles. The third-order valence-electron chi connectivity index (χ3n) is 0.339. The first-order chi connectivity index (χ1) is 3.42. The van der Waals surface area contributed by atoms with Gasteiger partial charge in [0.1, 0.15) is 6.42 Å². The van der Waals surface area contributed by atoms with Crippen LogP contribution in [0.15, 0.2) is 0 Å². The SMILES string of the molecule is O=C(I)CC(F)(F)F. The van der Waals surface area contributed by atoms with Crippen LogP contribution in [0.5, 0.6) is 0 Å². The van der Waals surface area contributed by atoms with Crippen LogP contribution in [0.25, 0.3) is 0 Å². The van der Waals surface area contributed by atoms with Crippen molar-refractivity contribution in [3.8, 4) is 0 Å². The molecule has 0 rings (SSSR count). The zero-order chi connectivity index (χ0) is 6.78. The van der Waals surface area contributed by atoms with Crippen molar-refractivity contribution >= 4 is 26.4 Å². The van der Waals surface area contributed by atoms with E-state index in [1.807, 2.05) is 0 Å². The van der Waals surface area contributed by atoms with Crippen LogP contribution in [0.1, 0.15) is 6.42 Å². The Hall–Kier alpha value is 0.190. The Balaban J connectivity index is 3.55. The summed E-state index contributed by atoms with van der Waals surface area (Å²) in [6.07, 6.45) is -5.66. The third-order valence-corrected chi connectivity index (χ3v) is 0.721. The van der Waals surface area contributed by atoms with Crippen molar-refractivity contribution in [2.75, 3.05) is 0 Å². The van der Waals surface area contributed by atoms with Crippen molar-refractivity contribution in [3.63, 3.8) is 0 Å². The molecule has 0 saturated heterocycles. The quantitative estimate of drug-likeness (QED) is 0.503. The fourth-order valence-corrected chi connectivity index (χ4v) is 0.590. The van der Waals surface area contributed by atoms with E-state index in [-0.39, 0.29) is 0 Å². The molecule has 5 heteroatoms. The van der Waals surface area contributed by atoms with Gasteiger partial charge in [0.25, 0.3) is 0 Å². The van der Waals surface area contributed by atoms with Crippen LogP contribution >= 0.6 is 22.6 Å². The molecule has 0 saturated carbocycles. The van der Waals surface area contributed by atoms with E-state index in [9.17, 15) is 18.0 Å². The summed E-state index contributed by atoms with van der Waals surface area (Å²) in [5.41, 5.74) is 0. The molecule has 0 N–H and O–H groups in total. The summed E-state index contributed by atoms with van der Waals surface area (Å²) in [6.45, 7) is 0. The lowest BCUT2D eigenvalue weighted by atomic mass is 10.5. The summed E-state index contributed by atoms with van der Waals surface area (Å²) in [4.78, 5) is 9.73. The lowest BCUT2D eigenvalue weighted by Crippen LogP contribution is -2.10. The van der Waals surface area contributed by atoms with Gasteiger partial charge in [0.2, 0.25) is 3.79 Å². The van der Waals surface area contributed by atoms with Gasteiger partial charge in [-0.1, -0.05) is 0 Å². The number of halogens is 4. The van der Waals surface area contributed by atoms with Gasteiger partial charge in [-0.05, 0) is 22.6 Å². The van der Waals surface area contributed by atoms with Crippen molar-refractivity contribution in [1.29, 1.82) is 0 Å². The zero-order valence-electron chi connectivity index (χ0n) is 3.63. The number of carbonyl (C=O) groups excluding carboxylic acids is 1.